The van der Waals surface area contributed by atoms with Gasteiger partial charge in [-0.25, -0.2) is 4.79 Å². The Bertz CT molecular complexity index is 630. The summed E-state index contributed by atoms with van der Waals surface area (Å²) in [6.07, 6.45) is -16.8. The molecule has 1 fully saturated rings. The molecule has 0 aromatic rings. The Balaban J connectivity index is 2.78. The molecule has 1 amide bonds. The summed E-state index contributed by atoms with van der Waals surface area (Å²) in [5, 5.41) is 80.6. The number of aliphatic hydroxyl groups is 8. The van der Waals surface area contributed by atoms with E-state index < -0.39 is 80.2 Å². The van der Waals surface area contributed by atoms with Crippen molar-refractivity contribution in [3.8, 4) is 0 Å². The average Bonchev–Trinajstić information content (AvgIpc) is 2.77. The van der Waals surface area contributed by atoms with E-state index in [2.05, 4.69) is 11.9 Å². The average molecular weight is 469 g/mol. The Morgan fingerprint density at radius 2 is 1.72 bits per heavy atom. The number of aliphatic hydroxyl groups excluding tert-OH is 8. The van der Waals surface area contributed by atoms with E-state index in [-0.39, 0.29) is 18.7 Å². The summed E-state index contributed by atoms with van der Waals surface area (Å²) in [4.78, 5) is 23.3. The molecule has 1 rings (SSSR count). The van der Waals surface area contributed by atoms with Gasteiger partial charge in [0.05, 0.1) is 19.8 Å². The zero-order chi connectivity index (χ0) is 24.6. The first-order chi connectivity index (χ1) is 15.0. The maximum absolute atomic E-state index is 12.1. The third-order valence-corrected chi connectivity index (χ3v) is 4.62. The van der Waals surface area contributed by atoms with Crippen molar-refractivity contribution < 1.29 is 64.7 Å². The fourth-order valence-corrected chi connectivity index (χ4v) is 2.72. The largest absolute Gasteiger partial charge is 0.460 e. The molecule has 0 bridgehead atoms. The molecule has 0 saturated carbocycles. The van der Waals surface area contributed by atoms with Crippen LogP contribution in [0.5, 0.6) is 0 Å². The van der Waals surface area contributed by atoms with Crippen LogP contribution in [0.25, 0.3) is 0 Å². The molecule has 9 atom stereocenters. The Morgan fingerprint density at radius 3 is 2.25 bits per heavy atom. The van der Waals surface area contributed by atoms with Crippen molar-refractivity contribution in [1.29, 1.82) is 0 Å². The normalized spacial score (nSPS) is 29.5. The number of rotatable bonds is 12. The predicted octanol–water partition coefficient (Wildman–Crippen LogP) is -5.52. The first kappa shape index (κ1) is 28.3. The summed E-state index contributed by atoms with van der Waals surface area (Å²) in [5.74, 6) is -1.84. The second-order valence-electron chi connectivity index (χ2n) is 7.19. The second-order valence-corrected chi connectivity index (χ2v) is 7.19. The number of carbonyl (C=O) groups excluding carboxylic acids is 2. The minimum Gasteiger partial charge on any atom is -0.460 e. The van der Waals surface area contributed by atoms with E-state index in [9.17, 15) is 50.4 Å². The van der Waals surface area contributed by atoms with Gasteiger partial charge in [-0.1, -0.05) is 6.58 Å². The quantitative estimate of drug-likeness (QED) is 0.0737. The van der Waals surface area contributed by atoms with Crippen LogP contribution in [0.1, 0.15) is 6.92 Å². The molecule has 14 heteroatoms. The van der Waals surface area contributed by atoms with Crippen LogP contribution >= 0.6 is 0 Å². The fraction of sp³-hybridized carbons (Fsp3) is 0.778. The van der Waals surface area contributed by atoms with Crippen molar-refractivity contribution in [2.75, 3.05) is 26.4 Å². The van der Waals surface area contributed by atoms with Crippen molar-refractivity contribution in [2.45, 2.75) is 62.0 Å². The summed E-state index contributed by atoms with van der Waals surface area (Å²) >= 11 is 0. The van der Waals surface area contributed by atoms with Crippen molar-refractivity contribution in [2.24, 2.45) is 0 Å². The van der Waals surface area contributed by atoms with E-state index >= 15 is 0 Å². The fourth-order valence-electron chi connectivity index (χ4n) is 2.72. The lowest BCUT2D eigenvalue weighted by molar-refractivity contribution is -0.326. The minimum absolute atomic E-state index is 0.137. The first-order valence-electron chi connectivity index (χ1n) is 9.67. The zero-order valence-corrected chi connectivity index (χ0v) is 17.4. The maximum atomic E-state index is 12.1. The molecule has 0 aromatic carbocycles. The molecule has 0 unspecified atom stereocenters. The van der Waals surface area contributed by atoms with E-state index in [0.29, 0.717) is 0 Å². The van der Waals surface area contributed by atoms with E-state index in [0.717, 1.165) is 0 Å². The topological polar surface area (TPSA) is 236 Å². The van der Waals surface area contributed by atoms with Crippen molar-refractivity contribution in [3.05, 3.63) is 12.2 Å². The summed E-state index contributed by atoms with van der Waals surface area (Å²) in [7, 11) is 0. The predicted molar refractivity (Wildman–Crippen MR) is 103 cm³/mol. The van der Waals surface area contributed by atoms with E-state index in [1.54, 1.807) is 0 Å². The molecule has 1 saturated heterocycles. The second kappa shape index (κ2) is 13.1. The number of esters is 1. The van der Waals surface area contributed by atoms with Gasteiger partial charge in [0.1, 0.15) is 49.3 Å². The third-order valence-electron chi connectivity index (χ3n) is 4.62. The number of hydrogen-bond donors (Lipinski definition) is 9. The monoisotopic (exact) mass is 469 g/mol. The molecule has 0 aromatic heterocycles. The number of nitrogens with one attached hydrogen (secondary N) is 1. The molecular weight excluding hydrogens is 438 g/mol. The van der Waals surface area contributed by atoms with E-state index in [1.165, 1.54) is 6.92 Å². The Labute approximate surface area is 183 Å². The summed E-state index contributed by atoms with van der Waals surface area (Å²) in [6.45, 7) is 2.53. The molecule has 9 N–H and O–H groups in total. The van der Waals surface area contributed by atoms with Crippen LogP contribution < -0.4 is 5.32 Å². The van der Waals surface area contributed by atoms with Gasteiger partial charge in [-0.2, -0.15) is 0 Å². The van der Waals surface area contributed by atoms with Gasteiger partial charge in [0, 0.05) is 5.57 Å². The Hall–Kier alpha value is -1.72. The number of carbonyl (C=O) groups is 2. The molecule has 186 valence electrons. The highest BCUT2D eigenvalue weighted by Crippen LogP contribution is 2.25. The minimum atomic E-state index is -2.21. The third kappa shape index (κ3) is 7.41. The smallest absolute Gasteiger partial charge is 0.333 e. The first-order valence-corrected chi connectivity index (χ1v) is 9.67. The van der Waals surface area contributed by atoms with Crippen molar-refractivity contribution in [1.82, 2.24) is 5.32 Å². The van der Waals surface area contributed by atoms with Gasteiger partial charge in [-0.05, 0) is 6.92 Å². The summed E-state index contributed by atoms with van der Waals surface area (Å²) < 4.78 is 15.0. The van der Waals surface area contributed by atoms with Crippen LogP contribution in [-0.2, 0) is 23.8 Å². The Morgan fingerprint density at radius 1 is 1.09 bits per heavy atom. The molecule has 14 nitrogen and oxygen atoms in total. The lowest BCUT2D eigenvalue weighted by Crippen LogP contribution is -2.62. The molecule has 0 spiro atoms. The molecule has 0 radical (unpaired) electrons. The highest BCUT2D eigenvalue weighted by molar-refractivity contribution is 5.87. The van der Waals surface area contributed by atoms with Crippen LogP contribution in [0.2, 0.25) is 0 Å². The SMILES string of the molecule is C=C(C)C(=O)OCCNC(=O)[C@@H](O)[C@@H](O)[C@@H](O[C@@H]1O[C@H](CO)[C@@H](O)[C@H](O)[C@H]1O)[C@@H](O)CO. The number of hydrogen-bond acceptors (Lipinski definition) is 13. The van der Waals surface area contributed by atoms with Crippen molar-refractivity contribution >= 4 is 11.9 Å². The number of ether oxygens (including phenoxy) is 3. The maximum Gasteiger partial charge on any atom is 0.333 e. The zero-order valence-electron chi connectivity index (χ0n) is 17.4. The summed E-state index contributed by atoms with van der Waals surface area (Å²) in [6, 6.07) is 0. The molecule has 1 heterocycles. The highest BCUT2D eigenvalue weighted by atomic mass is 16.7. The van der Waals surface area contributed by atoms with E-state index in [4.69, 9.17) is 14.2 Å². The van der Waals surface area contributed by atoms with Crippen LogP contribution in [-0.4, -0.2) is 134 Å². The lowest BCUT2D eigenvalue weighted by atomic mass is 9.98. The molecule has 32 heavy (non-hydrogen) atoms. The molecular formula is C18H31NO13. The molecule has 1 aliphatic rings. The van der Waals surface area contributed by atoms with Gasteiger partial charge < -0.3 is 60.4 Å². The van der Waals surface area contributed by atoms with Gasteiger partial charge in [-0.3, -0.25) is 4.79 Å². The molecule has 1 aliphatic heterocycles. The van der Waals surface area contributed by atoms with Crippen LogP contribution in [0.4, 0.5) is 0 Å². The van der Waals surface area contributed by atoms with Crippen LogP contribution in [0, 0.1) is 0 Å². The van der Waals surface area contributed by atoms with Gasteiger partial charge >= 0.3 is 5.97 Å². The van der Waals surface area contributed by atoms with Crippen molar-refractivity contribution in [3.63, 3.8) is 0 Å². The van der Waals surface area contributed by atoms with Gasteiger partial charge in [0.15, 0.2) is 12.4 Å². The van der Waals surface area contributed by atoms with Gasteiger partial charge in [-0.15, -0.1) is 0 Å². The van der Waals surface area contributed by atoms with E-state index in [1.807, 2.05) is 0 Å². The van der Waals surface area contributed by atoms with Crippen LogP contribution in [0.15, 0.2) is 12.2 Å². The molecule has 0 aliphatic carbocycles. The van der Waals surface area contributed by atoms with Gasteiger partial charge in [0.25, 0.3) is 5.91 Å². The van der Waals surface area contributed by atoms with Gasteiger partial charge in [0.2, 0.25) is 0 Å². The summed E-state index contributed by atoms with van der Waals surface area (Å²) in [5.41, 5.74) is 0.137. The highest BCUT2D eigenvalue weighted by Gasteiger charge is 2.47. The standard InChI is InChI=1S/C18H31NO13/c1-7(2)17(29)30-4-3-19-16(28)13(26)12(25)15(8(22)5-20)32-18-14(27)11(24)10(23)9(6-21)31-18/h8-15,18,20-27H,1,3-6H2,2H3,(H,19,28)/t8-,9+,10+,11-,12+,13-,14+,15-,18-/m0/s1. The number of amides is 1. The lowest BCUT2D eigenvalue weighted by Gasteiger charge is -2.42. The Kier molecular flexibility index (Phi) is 11.6. The van der Waals surface area contributed by atoms with Crippen LogP contribution in [0.3, 0.4) is 0 Å².